The van der Waals surface area contributed by atoms with Crippen molar-refractivity contribution in [2.24, 2.45) is 0 Å². The first-order valence-electron chi connectivity index (χ1n) is 10.3. The van der Waals surface area contributed by atoms with E-state index < -0.39 is 11.8 Å². The average Bonchev–Trinajstić information content (AvgIpc) is 2.79. The number of aromatic nitrogens is 1. The Labute approximate surface area is 180 Å². The van der Waals surface area contributed by atoms with Crippen molar-refractivity contribution >= 4 is 17.4 Å². The third kappa shape index (κ3) is 5.20. The molecule has 0 fully saturated rings. The summed E-state index contributed by atoms with van der Waals surface area (Å²) in [6.07, 6.45) is 2.12. The fraction of sp³-hybridized carbons (Fsp3) is 0.240. The van der Waals surface area contributed by atoms with Crippen LogP contribution in [-0.4, -0.2) is 23.2 Å². The molecule has 0 spiro atoms. The van der Waals surface area contributed by atoms with Crippen LogP contribution in [0, 0.1) is 11.8 Å². The zero-order chi connectivity index (χ0) is 22.4. The van der Waals surface area contributed by atoms with E-state index >= 15 is 0 Å². The van der Waals surface area contributed by atoms with Gasteiger partial charge in [0.2, 0.25) is 11.9 Å². The number of anilines is 1. The van der Waals surface area contributed by atoms with Crippen LogP contribution >= 0.6 is 0 Å². The second-order valence-electron chi connectivity index (χ2n) is 7.11. The van der Waals surface area contributed by atoms with E-state index in [4.69, 9.17) is 0 Å². The first-order valence-corrected chi connectivity index (χ1v) is 10.3. The van der Waals surface area contributed by atoms with Crippen molar-refractivity contribution in [2.75, 3.05) is 11.4 Å². The van der Waals surface area contributed by atoms with Crippen LogP contribution < -0.4 is 4.90 Å². The first kappa shape index (κ1) is 22.3. The molecule has 6 heteroatoms. The molecule has 0 bridgehead atoms. The summed E-state index contributed by atoms with van der Waals surface area (Å²) in [6.45, 7) is 3.94. The lowest BCUT2D eigenvalue weighted by molar-refractivity contribution is -0.118. The zero-order valence-electron chi connectivity index (χ0n) is 17.6. The number of rotatable bonds is 8. The molecule has 0 saturated carbocycles. The van der Waals surface area contributed by atoms with Crippen LogP contribution in [0.25, 0.3) is 11.1 Å². The molecular weight excluding hydrogens is 398 g/mol. The first-order chi connectivity index (χ1) is 14.9. The number of ketones is 1. The Hall–Kier alpha value is -3.41. The number of benzene rings is 2. The number of hydrogen-bond acceptors (Lipinski definition) is 3. The van der Waals surface area contributed by atoms with E-state index in [0.29, 0.717) is 29.7 Å². The van der Waals surface area contributed by atoms with Crippen LogP contribution in [0.4, 0.5) is 14.5 Å². The molecule has 1 amide bonds. The van der Waals surface area contributed by atoms with Gasteiger partial charge in [-0.3, -0.25) is 9.59 Å². The van der Waals surface area contributed by atoms with Crippen LogP contribution in [-0.2, 0) is 11.2 Å². The van der Waals surface area contributed by atoms with Gasteiger partial charge in [-0.1, -0.05) is 43.3 Å². The Kier molecular flexibility index (Phi) is 7.23. The quantitative estimate of drug-likeness (QED) is 0.350. The predicted molar refractivity (Wildman–Crippen MR) is 117 cm³/mol. The molecule has 0 radical (unpaired) electrons. The summed E-state index contributed by atoms with van der Waals surface area (Å²) in [4.78, 5) is 29.5. The van der Waals surface area contributed by atoms with Crippen molar-refractivity contribution in [3.05, 3.63) is 83.7 Å². The third-order valence-corrected chi connectivity index (χ3v) is 5.16. The number of pyridine rings is 1. The number of amides is 1. The SMILES string of the molecule is CCC(=O)N(CC)c1ccc(-c2ccc(C(=O)CCc3cccnc3F)cc2)cc1F. The molecule has 0 atom stereocenters. The largest absolute Gasteiger partial charge is 0.310 e. The van der Waals surface area contributed by atoms with Crippen molar-refractivity contribution in [1.29, 1.82) is 0 Å². The summed E-state index contributed by atoms with van der Waals surface area (Å²) >= 11 is 0. The summed E-state index contributed by atoms with van der Waals surface area (Å²) in [6, 6.07) is 14.9. The van der Waals surface area contributed by atoms with E-state index in [0.717, 1.165) is 5.56 Å². The fourth-order valence-electron chi connectivity index (χ4n) is 3.42. The number of hydrogen-bond donors (Lipinski definition) is 0. The highest BCUT2D eigenvalue weighted by Crippen LogP contribution is 2.27. The minimum Gasteiger partial charge on any atom is -0.310 e. The molecular formula is C25H24F2N2O2. The molecule has 1 heterocycles. The molecule has 160 valence electrons. The van der Waals surface area contributed by atoms with Gasteiger partial charge in [0.15, 0.2) is 5.78 Å². The smallest absolute Gasteiger partial charge is 0.226 e. The van der Waals surface area contributed by atoms with Gasteiger partial charge in [-0.2, -0.15) is 4.39 Å². The Morgan fingerprint density at radius 2 is 1.68 bits per heavy atom. The van der Waals surface area contributed by atoms with Gasteiger partial charge in [-0.15, -0.1) is 0 Å². The zero-order valence-corrected chi connectivity index (χ0v) is 17.6. The summed E-state index contributed by atoms with van der Waals surface area (Å²) in [5, 5.41) is 0. The maximum atomic E-state index is 14.7. The van der Waals surface area contributed by atoms with Crippen LogP contribution in [0.5, 0.6) is 0 Å². The highest BCUT2D eigenvalue weighted by molar-refractivity contribution is 5.96. The van der Waals surface area contributed by atoms with Gasteiger partial charge in [-0.05, 0) is 42.7 Å². The van der Waals surface area contributed by atoms with Crippen LogP contribution in [0.3, 0.4) is 0 Å². The number of halogens is 2. The Morgan fingerprint density at radius 3 is 2.29 bits per heavy atom. The third-order valence-electron chi connectivity index (χ3n) is 5.16. The Bertz CT molecular complexity index is 1080. The van der Waals surface area contributed by atoms with Gasteiger partial charge in [0, 0.05) is 36.7 Å². The molecule has 4 nitrogen and oxygen atoms in total. The number of Topliss-reactive ketones (excluding diaryl/α,β-unsaturated/α-hetero) is 1. The van der Waals surface area contributed by atoms with Crippen molar-refractivity contribution < 1.29 is 18.4 Å². The van der Waals surface area contributed by atoms with Crippen molar-refractivity contribution in [1.82, 2.24) is 4.98 Å². The molecule has 1 aromatic heterocycles. The topological polar surface area (TPSA) is 50.3 Å². The highest BCUT2D eigenvalue weighted by Gasteiger charge is 2.17. The summed E-state index contributed by atoms with van der Waals surface area (Å²) in [5.74, 6) is -1.27. The van der Waals surface area contributed by atoms with Gasteiger partial charge in [0.1, 0.15) is 5.82 Å². The van der Waals surface area contributed by atoms with E-state index in [1.807, 2.05) is 0 Å². The monoisotopic (exact) mass is 422 g/mol. The highest BCUT2D eigenvalue weighted by atomic mass is 19.1. The van der Waals surface area contributed by atoms with Gasteiger partial charge in [0.05, 0.1) is 5.69 Å². The number of aryl methyl sites for hydroxylation is 1. The van der Waals surface area contributed by atoms with Gasteiger partial charge in [-0.25, -0.2) is 9.37 Å². The van der Waals surface area contributed by atoms with Crippen LogP contribution in [0.2, 0.25) is 0 Å². The lowest BCUT2D eigenvalue weighted by Crippen LogP contribution is -2.30. The lowest BCUT2D eigenvalue weighted by Gasteiger charge is -2.21. The molecule has 0 N–H and O–H groups in total. The van der Waals surface area contributed by atoms with E-state index in [9.17, 15) is 18.4 Å². The molecule has 0 unspecified atom stereocenters. The Morgan fingerprint density at radius 1 is 0.968 bits per heavy atom. The predicted octanol–water partition coefficient (Wildman–Crippen LogP) is 5.61. The summed E-state index contributed by atoms with van der Waals surface area (Å²) in [7, 11) is 0. The van der Waals surface area contributed by atoms with Crippen LogP contribution in [0.1, 0.15) is 42.6 Å². The number of nitrogens with zero attached hydrogens (tertiary/aromatic N) is 2. The lowest BCUT2D eigenvalue weighted by atomic mass is 9.99. The van der Waals surface area contributed by atoms with E-state index in [-0.39, 0.29) is 30.2 Å². The maximum Gasteiger partial charge on any atom is 0.226 e. The average molecular weight is 422 g/mol. The molecule has 0 aliphatic rings. The molecule has 2 aromatic carbocycles. The Balaban J connectivity index is 1.72. The fourth-order valence-corrected chi connectivity index (χ4v) is 3.42. The van der Waals surface area contributed by atoms with Crippen molar-refractivity contribution in [3.63, 3.8) is 0 Å². The van der Waals surface area contributed by atoms with Gasteiger partial charge in [0.25, 0.3) is 0 Å². The van der Waals surface area contributed by atoms with E-state index in [1.54, 1.807) is 62.4 Å². The van der Waals surface area contributed by atoms with Crippen molar-refractivity contribution in [2.45, 2.75) is 33.1 Å². The number of carbonyl (C=O) groups excluding carboxylic acids is 2. The van der Waals surface area contributed by atoms with Crippen molar-refractivity contribution in [3.8, 4) is 11.1 Å². The molecule has 0 aliphatic heterocycles. The maximum absolute atomic E-state index is 14.7. The van der Waals surface area contributed by atoms with E-state index in [2.05, 4.69) is 4.98 Å². The molecule has 3 aromatic rings. The second-order valence-corrected chi connectivity index (χ2v) is 7.11. The molecule has 3 rings (SSSR count). The minimum absolute atomic E-state index is 0.104. The molecule has 0 aliphatic carbocycles. The van der Waals surface area contributed by atoms with Gasteiger partial charge >= 0.3 is 0 Å². The number of carbonyl (C=O) groups is 2. The normalized spacial score (nSPS) is 10.7. The minimum atomic E-state index is -0.557. The molecule has 31 heavy (non-hydrogen) atoms. The molecule has 0 saturated heterocycles. The van der Waals surface area contributed by atoms with Gasteiger partial charge < -0.3 is 4.90 Å². The summed E-state index contributed by atoms with van der Waals surface area (Å²) < 4.78 is 28.3. The standard InChI is InChI=1S/C25H24F2N2O2/c1-3-24(31)29(4-2)22-13-11-20(16-21(22)26)17-7-9-18(10-8-17)23(30)14-12-19-6-5-15-28-25(19)27/h5-11,13,15-16H,3-4,12,14H2,1-2H3. The summed E-state index contributed by atoms with van der Waals surface area (Å²) in [5.41, 5.74) is 2.58. The van der Waals surface area contributed by atoms with Crippen LogP contribution in [0.15, 0.2) is 60.8 Å². The van der Waals surface area contributed by atoms with E-state index in [1.165, 1.54) is 17.2 Å². The second kappa shape index (κ2) is 10.1.